The van der Waals surface area contributed by atoms with Crippen molar-refractivity contribution in [2.75, 3.05) is 17.7 Å². The van der Waals surface area contributed by atoms with Crippen molar-refractivity contribution in [2.24, 2.45) is 0 Å². The molecule has 1 atom stereocenters. The van der Waals surface area contributed by atoms with Crippen LogP contribution in [0.4, 0.5) is 10.8 Å². The molecule has 31 heavy (non-hydrogen) atoms. The molecule has 0 bridgehead atoms. The number of carbonyl (C=O) groups is 2. The molecule has 0 fully saturated rings. The molecule has 10 heteroatoms. The predicted molar refractivity (Wildman–Crippen MR) is 127 cm³/mol. The Balaban J connectivity index is 1.45. The van der Waals surface area contributed by atoms with Gasteiger partial charge in [-0.2, -0.15) is 0 Å². The first kappa shape index (κ1) is 21.3. The lowest BCUT2D eigenvalue weighted by Crippen LogP contribution is -2.22. The molecule has 158 valence electrons. The van der Waals surface area contributed by atoms with Crippen LogP contribution >= 0.6 is 34.4 Å². The molecular formula is C21H18N4O3S3. The van der Waals surface area contributed by atoms with Gasteiger partial charge in [-0.25, -0.2) is 9.97 Å². The molecule has 0 spiro atoms. The van der Waals surface area contributed by atoms with Gasteiger partial charge in [0, 0.05) is 17.3 Å². The van der Waals surface area contributed by atoms with Gasteiger partial charge in [-0.1, -0.05) is 23.9 Å². The average Bonchev–Trinajstić information content (AvgIpc) is 3.42. The highest BCUT2D eigenvalue weighted by Gasteiger charge is 2.18. The fourth-order valence-corrected chi connectivity index (χ4v) is 5.54. The number of hydrogen-bond donors (Lipinski definition) is 2. The molecule has 2 aromatic carbocycles. The normalized spacial score (nSPS) is 11.8. The molecule has 0 aliphatic rings. The monoisotopic (exact) mass is 470 g/mol. The molecule has 0 unspecified atom stereocenters. The Kier molecular flexibility index (Phi) is 6.50. The minimum atomic E-state index is -0.325. The number of carbonyl (C=O) groups excluding carboxylic acids is 2. The van der Waals surface area contributed by atoms with Gasteiger partial charge in [-0.05, 0) is 37.3 Å². The molecule has 0 radical (unpaired) electrons. The second-order valence-corrected chi connectivity index (χ2v) is 9.92. The third-order valence-electron chi connectivity index (χ3n) is 4.29. The third-order valence-corrected chi connectivity index (χ3v) is 7.19. The third kappa shape index (κ3) is 5.04. The molecule has 2 aromatic heterocycles. The lowest BCUT2D eigenvalue weighted by Gasteiger charge is -2.09. The minimum absolute atomic E-state index is 0.121. The molecule has 2 amide bonds. The van der Waals surface area contributed by atoms with Crippen LogP contribution in [-0.4, -0.2) is 34.1 Å². The Morgan fingerprint density at radius 2 is 2.00 bits per heavy atom. The van der Waals surface area contributed by atoms with Crippen molar-refractivity contribution in [3.8, 4) is 5.75 Å². The van der Waals surface area contributed by atoms with Gasteiger partial charge in [0.05, 0.1) is 28.1 Å². The van der Waals surface area contributed by atoms with E-state index in [1.165, 1.54) is 41.5 Å². The van der Waals surface area contributed by atoms with Gasteiger partial charge < -0.3 is 15.4 Å². The minimum Gasteiger partial charge on any atom is -0.496 e. The molecule has 2 heterocycles. The number of benzene rings is 2. The van der Waals surface area contributed by atoms with Crippen molar-refractivity contribution in [3.63, 3.8) is 0 Å². The number of nitrogens with zero attached hydrogens (tertiary/aromatic N) is 2. The van der Waals surface area contributed by atoms with Crippen LogP contribution in [0.2, 0.25) is 0 Å². The van der Waals surface area contributed by atoms with E-state index in [0.717, 1.165) is 14.6 Å². The first-order valence-electron chi connectivity index (χ1n) is 9.25. The molecular weight excluding hydrogens is 452 g/mol. The van der Waals surface area contributed by atoms with Crippen molar-refractivity contribution >= 4 is 67.3 Å². The topological polar surface area (TPSA) is 93.2 Å². The standard InChI is InChI=1S/C21H18N4O3S3/c1-12(18(26)25-20-22-9-10-29-20)30-21-24-15-8-7-13(11-17(15)31-21)23-19(27)14-5-3-4-6-16(14)28-2/h3-12H,1-2H3,(H,23,27)(H,22,25,26)/t12-/m1/s1. The van der Waals surface area contributed by atoms with E-state index >= 15 is 0 Å². The van der Waals surface area contributed by atoms with Gasteiger partial charge in [0.2, 0.25) is 5.91 Å². The molecule has 7 nitrogen and oxygen atoms in total. The number of thioether (sulfide) groups is 1. The Labute approximate surface area is 190 Å². The van der Waals surface area contributed by atoms with Gasteiger partial charge in [0.25, 0.3) is 5.91 Å². The van der Waals surface area contributed by atoms with Crippen LogP contribution in [0.1, 0.15) is 17.3 Å². The molecule has 0 saturated heterocycles. The highest BCUT2D eigenvalue weighted by molar-refractivity contribution is 8.02. The lowest BCUT2D eigenvalue weighted by molar-refractivity contribution is -0.115. The van der Waals surface area contributed by atoms with E-state index in [1.807, 2.05) is 36.6 Å². The lowest BCUT2D eigenvalue weighted by atomic mass is 10.2. The molecule has 4 aromatic rings. The number of anilines is 2. The summed E-state index contributed by atoms with van der Waals surface area (Å²) in [5.41, 5.74) is 1.94. The number of ether oxygens (including phenoxy) is 1. The summed E-state index contributed by atoms with van der Waals surface area (Å²) in [5.74, 6) is 0.148. The van der Waals surface area contributed by atoms with Crippen molar-refractivity contribution in [1.29, 1.82) is 0 Å². The van der Waals surface area contributed by atoms with Crippen molar-refractivity contribution in [3.05, 3.63) is 59.6 Å². The van der Waals surface area contributed by atoms with Crippen molar-refractivity contribution in [2.45, 2.75) is 16.5 Å². The zero-order valence-electron chi connectivity index (χ0n) is 16.6. The van der Waals surface area contributed by atoms with E-state index < -0.39 is 0 Å². The summed E-state index contributed by atoms with van der Waals surface area (Å²) in [7, 11) is 1.53. The van der Waals surface area contributed by atoms with Gasteiger partial charge in [0.1, 0.15) is 5.75 Å². The largest absolute Gasteiger partial charge is 0.496 e. The summed E-state index contributed by atoms with van der Waals surface area (Å²) in [4.78, 5) is 33.6. The van der Waals surface area contributed by atoms with Crippen LogP contribution in [0.15, 0.2) is 58.4 Å². The van der Waals surface area contributed by atoms with Crippen LogP contribution in [0, 0.1) is 0 Å². The summed E-state index contributed by atoms with van der Waals surface area (Å²) in [6.07, 6.45) is 1.65. The maximum Gasteiger partial charge on any atom is 0.259 e. The Morgan fingerprint density at radius 3 is 2.77 bits per heavy atom. The van der Waals surface area contributed by atoms with Crippen LogP contribution in [0.25, 0.3) is 10.2 Å². The highest BCUT2D eigenvalue weighted by atomic mass is 32.2. The Morgan fingerprint density at radius 1 is 1.16 bits per heavy atom. The SMILES string of the molecule is COc1ccccc1C(=O)Nc1ccc2nc(S[C@H](C)C(=O)Nc3nccs3)sc2c1. The number of fused-ring (bicyclic) bond motifs is 1. The van der Waals surface area contributed by atoms with Crippen LogP contribution < -0.4 is 15.4 Å². The average molecular weight is 471 g/mol. The zero-order valence-corrected chi connectivity index (χ0v) is 19.1. The maximum absolute atomic E-state index is 12.6. The van der Waals surface area contributed by atoms with Crippen LogP contribution in [0.5, 0.6) is 5.75 Å². The van der Waals surface area contributed by atoms with E-state index in [0.29, 0.717) is 22.1 Å². The number of methoxy groups -OCH3 is 1. The predicted octanol–water partition coefficient (Wildman–Crippen LogP) is 5.13. The molecule has 0 saturated carbocycles. The number of aromatic nitrogens is 2. The van der Waals surface area contributed by atoms with Gasteiger partial charge in [-0.15, -0.1) is 22.7 Å². The highest BCUT2D eigenvalue weighted by Crippen LogP contribution is 2.34. The van der Waals surface area contributed by atoms with E-state index in [4.69, 9.17) is 4.74 Å². The van der Waals surface area contributed by atoms with Gasteiger partial charge >= 0.3 is 0 Å². The second kappa shape index (κ2) is 9.46. The number of para-hydroxylation sites is 1. The van der Waals surface area contributed by atoms with Crippen LogP contribution in [-0.2, 0) is 4.79 Å². The number of rotatable bonds is 7. The summed E-state index contributed by atoms with van der Waals surface area (Å²) in [5, 5.41) is 7.77. The van der Waals surface area contributed by atoms with Gasteiger partial charge in [-0.3, -0.25) is 9.59 Å². The zero-order chi connectivity index (χ0) is 21.8. The Bertz CT molecular complexity index is 1220. The summed E-state index contributed by atoms with van der Waals surface area (Å²) >= 11 is 4.25. The molecule has 4 rings (SSSR count). The first-order chi connectivity index (χ1) is 15.0. The summed E-state index contributed by atoms with van der Waals surface area (Å²) in [6, 6.07) is 12.6. The smallest absolute Gasteiger partial charge is 0.259 e. The molecule has 2 N–H and O–H groups in total. The quantitative estimate of drug-likeness (QED) is 0.364. The number of nitrogens with one attached hydrogen (secondary N) is 2. The van der Waals surface area contributed by atoms with Crippen LogP contribution in [0.3, 0.4) is 0 Å². The van der Waals surface area contributed by atoms with E-state index in [1.54, 1.807) is 24.4 Å². The van der Waals surface area contributed by atoms with E-state index in [2.05, 4.69) is 20.6 Å². The second-order valence-electron chi connectivity index (χ2n) is 6.40. The first-order valence-corrected chi connectivity index (χ1v) is 11.8. The Hall–Kier alpha value is -2.95. The van der Waals surface area contributed by atoms with Crippen molar-refractivity contribution in [1.82, 2.24) is 9.97 Å². The maximum atomic E-state index is 12.6. The van der Waals surface area contributed by atoms with Gasteiger partial charge in [0.15, 0.2) is 9.47 Å². The number of amides is 2. The van der Waals surface area contributed by atoms with Crippen molar-refractivity contribution < 1.29 is 14.3 Å². The van der Waals surface area contributed by atoms with E-state index in [9.17, 15) is 9.59 Å². The van der Waals surface area contributed by atoms with E-state index in [-0.39, 0.29) is 17.1 Å². The summed E-state index contributed by atoms with van der Waals surface area (Å²) in [6.45, 7) is 1.83. The molecule has 0 aliphatic carbocycles. The fourth-order valence-electron chi connectivity index (χ4n) is 2.76. The number of hydrogen-bond acceptors (Lipinski definition) is 8. The summed E-state index contributed by atoms with van der Waals surface area (Å²) < 4.78 is 6.97. The molecule has 0 aliphatic heterocycles. The number of thiazole rings is 2. The fraction of sp³-hybridized carbons (Fsp3) is 0.143.